The number of benzene rings is 1. The maximum atomic E-state index is 12.4. The topological polar surface area (TPSA) is 38.8 Å². The van der Waals surface area contributed by atoms with E-state index in [-0.39, 0.29) is 11.3 Å². The van der Waals surface area contributed by atoms with Gasteiger partial charge in [0.15, 0.2) is 0 Å². The highest BCUT2D eigenvalue weighted by Crippen LogP contribution is 2.38. The summed E-state index contributed by atoms with van der Waals surface area (Å²) in [5, 5.41) is 0.224. The van der Waals surface area contributed by atoms with E-state index < -0.39 is 5.60 Å². The average Bonchev–Trinajstić information content (AvgIpc) is 2.36. The molecule has 0 aromatic heterocycles. The first-order valence-corrected chi connectivity index (χ1v) is 7.54. The Morgan fingerprint density at radius 2 is 2.10 bits per heavy atom. The molecule has 1 aromatic carbocycles. The number of rotatable bonds is 2. The van der Waals surface area contributed by atoms with Crippen LogP contribution in [0, 0.1) is 0 Å². The zero-order chi connectivity index (χ0) is 14.8. The first kappa shape index (κ1) is 15.2. The summed E-state index contributed by atoms with van der Waals surface area (Å²) in [7, 11) is 1.68. The molecule has 1 atom stereocenters. The lowest BCUT2D eigenvalue weighted by molar-refractivity contribution is 0.0576. The third-order valence-electron chi connectivity index (χ3n) is 2.80. The molecule has 0 bridgehead atoms. The number of nitrogens with zero attached hydrogens (tertiary/aromatic N) is 1. The van der Waals surface area contributed by atoms with Crippen LogP contribution in [-0.2, 0) is 9.47 Å². The number of methoxy groups -OCH3 is 1. The minimum Gasteiger partial charge on any atom is -0.443 e. The summed E-state index contributed by atoms with van der Waals surface area (Å²) in [6.07, 6.45) is -0.300. The summed E-state index contributed by atoms with van der Waals surface area (Å²) in [5.41, 5.74) is 0.423. The number of hydrogen-bond donors (Lipinski definition) is 0. The van der Waals surface area contributed by atoms with Crippen molar-refractivity contribution in [2.45, 2.75) is 36.5 Å². The van der Waals surface area contributed by atoms with E-state index >= 15 is 0 Å². The Labute approximate surface area is 124 Å². The summed E-state index contributed by atoms with van der Waals surface area (Å²) in [6.45, 7) is 6.84. The Balaban J connectivity index is 2.24. The van der Waals surface area contributed by atoms with Gasteiger partial charge in [-0.1, -0.05) is 12.1 Å². The van der Waals surface area contributed by atoms with Crippen LogP contribution in [0.1, 0.15) is 20.8 Å². The number of thioether (sulfide) groups is 1. The molecule has 0 aliphatic carbocycles. The monoisotopic (exact) mass is 295 g/mol. The van der Waals surface area contributed by atoms with Gasteiger partial charge in [-0.15, -0.1) is 11.8 Å². The standard InChI is InChI=1S/C15H21NO3S/c1-15(2,3)19-14(17)16-9-11(10-18-4)20-13-8-6-5-7-12(13)16/h5-8,11H,9-10H2,1-4H3/t11-/m0/s1. The van der Waals surface area contributed by atoms with Crippen molar-refractivity contribution in [3.63, 3.8) is 0 Å². The van der Waals surface area contributed by atoms with Gasteiger partial charge in [-0.3, -0.25) is 4.90 Å². The van der Waals surface area contributed by atoms with Gasteiger partial charge in [-0.2, -0.15) is 0 Å². The molecule has 1 aliphatic rings. The van der Waals surface area contributed by atoms with Gasteiger partial charge in [0.2, 0.25) is 0 Å². The van der Waals surface area contributed by atoms with E-state index in [9.17, 15) is 4.79 Å². The molecule has 0 N–H and O–H groups in total. The number of hydrogen-bond acceptors (Lipinski definition) is 4. The molecule has 4 nitrogen and oxygen atoms in total. The molecular formula is C15H21NO3S. The predicted octanol–water partition coefficient (Wildman–Crippen LogP) is 3.55. The maximum Gasteiger partial charge on any atom is 0.414 e. The van der Waals surface area contributed by atoms with Crippen LogP contribution in [-0.4, -0.2) is 37.2 Å². The second-order valence-electron chi connectivity index (χ2n) is 5.75. The average molecular weight is 295 g/mol. The predicted molar refractivity (Wildman–Crippen MR) is 81.5 cm³/mol. The lowest BCUT2D eigenvalue weighted by atomic mass is 10.2. The largest absolute Gasteiger partial charge is 0.443 e. The molecule has 1 amide bonds. The fraction of sp³-hybridized carbons (Fsp3) is 0.533. The van der Waals surface area contributed by atoms with Crippen molar-refractivity contribution in [2.75, 3.05) is 25.2 Å². The van der Waals surface area contributed by atoms with Crippen LogP contribution in [0.15, 0.2) is 29.2 Å². The zero-order valence-electron chi connectivity index (χ0n) is 12.4. The van der Waals surface area contributed by atoms with Gasteiger partial charge in [0.1, 0.15) is 5.60 Å². The van der Waals surface area contributed by atoms with Crippen LogP contribution in [0.25, 0.3) is 0 Å². The van der Waals surface area contributed by atoms with Crippen LogP contribution in [0.2, 0.25) is 0 Å². The van der Waals surface area contributed by atoms with Crippen LogP contribution in [0.5, 0.6) is 0 Å². The molecular weight excluding hydrogens is 274 g/mol. The van der Waals surface area contributed by atoms with Gasteiger partial charge in [-0.25, -0.2) is 4.79 Å². The summed E-state index contributed by atoms with van der Waals surface area (Å²) in [6, 6.07) is 7.90. The SMILES string of the molecule is COC[C@@H]1CN(C(=O)OC(C)(C)C)c2ccccc2S1. The Morgan fingerprint density at radius 3 is 2.75 bits per heavy atom. The molecule has 110 valence electrons. The highest BCUT2D eigenvalue weighted by molar-refractivity contribution is 8.00. The normalized spacial score (nSPS) is 18.6. The Bertz CT molecular complexity index is 484. The third-order valence-corrected chi connectivity index (χ3v) is 4.02. The van der Waals surface area contributed by atoms with Crippen molar-refractivity contribution in [3.05, 3.63) is 24.3 Å². The van der Waals surface area contributed by atoms with Crippen molar-refractivity contribution in [1.82, 2.24) is 0 Å². The van der Waals surface area contributed by atoms with Gasteiger partial charge >= 0.3 is 6.09 Å². The molecule has 0 unspecified atom stereocenters. The Morgan fingerprint density at radius 1 is 1.40 bits per heavy atom. The minimum absolute atomic E-state index is 0.224. The molecule has 5 heteroatoms. The fourth-order valence-corrected chi connectivity index (χ4v) is 3.30. The van der Waals surface area contributed by atoms with Gasteiger partial charge in [0, 0.05) is 18.6 Å². The summed E-state index contributed by atoms with van der Waals surface area (Å²) in [4.78, 5) is 15.2. The van der Waals surface area contributed by atoms with E-state index in [4.69, 9.17) is 9.47 Å². The molecule has 20 heavy (non-hydrogen) atoms. The number of anilines is 1. The Hall–Kier alpha value is -1.20. The first-order valence-electron chi connectivity index (χ1n) is 6.66. The molecule has 1 aliphatic heterocycles. The van der Waals surface area contributed by atoms with Crippen molar-refractivity contribution >= 4 is 23.5 Å². The summed E-state index contributed by atoms with van der Waals surface area (Å²) >= 11 is 1.75. The van der Waals surface area contributed by atoms with Crippen molar-refractivity contribution < 1.29 is 14.3 Å². The summed E-state index contributed by atoms with van der Waals surface area (Å²) in [5.74, 6) is 0. The van der Waals surface area contributed by atoms with Gasteiger partial charge < -0.3 is 9.47 Å². The lowest BCUT2D eigenvalue weighted by Gasteiger charge is -2.34. The van der Waals surface area contributed by atoms with Crippen LogP contribution < -0.4 is 4.90 Å². The van der Waals surface area contributed by atoms with Gasteiger partial charge in [-0.05, 0) is 32.9 Å². The molecule has 0 spiro atoms. The van der Waals surface area contributed by atoms with Crippen LogP contribution in [0.3, 0.4) is 0 Å². The van der Waals surface area contributed by atoms with E-state index in [0.29, 0.717) is 13.2 Å². The number of carbonyl (C=O) groups excluding carboxylic acids is 1. The van der Waals surface area contributed by atoms with E-state index in [1.165, 1.54) is 0 Å². The summed E-state index contributed by atoms with van der Waals surface area (Å²) < 4.78 is 10.7. The number of carbonyl (C=O) groups is 1. The molecule has 2 rings (SSSR count). The smallest absolute Gasteiger partial charge is 0.414 e. The quantitative estimate of drug-likeness (QED) is 0.836. The van der Waals surface area contributed by atoms with E-state index in [0.717, 1.165) is 10.6 Å². The second kappa shape index (κ2) is 6.06. The fourth-order valence-electron chi connectivity index (χ4n) is 2.06. The second-order valence-corrected chi connectivity index (χ2v) is 7.10. The number of ether oxygens (including phenoxy) is 2. The van der Waals surface area contributed by atoms with Crippen LogP contribution >= 0.6 is 11.8 Å². The van der Waals surface area contributed by atoms with Gasteiger partial charge in [0.25, 0.3) is 0 Å². The minimum atomic E-state index is -0.493. The molecule has 0 radical (unpaired) electrons. The van der Waals surface area contributed by atoms with Crippen molar-refractivity contribution in [2.24, 2.45) is 0 Å². The number of para-hydroxylation sites is 1. The van der Waals surface area contributed by atoms with Crippen molar-refractivity contribution in [3.8, 4) is 0 Å². The zero-order valence-corrected chi connectivity index (χ0v) is 13.2. The van der Waals surface area contributed by atoms with Gasteiger partial charge in [0.05, 0.1) is 17.5 Å². The molecule has 1 aromatic rings. The number of amides is 1. The first-order chi connectivity index (χ1) is 9.40. The molecule has 0 fully saturated rings. The maximum absolute atomic E-state index is 12.4. The van der Waals surface area contributed by atoms with Crippen molar-refractivity contribution in [1.29, 1.82) is 0 Å². The van der Waals surface area contributed by atoms with E-state index in [1.807, 2.05) is 45.0 Å². The third kappa shape index (κ3) is 3.67. The molecule has 0 saturated carbocycles. The Kier molecular flexibility index (Phi) is 4.60. The highest BCUT2D eigenvalue weighted by Gasteiger charge is 2.31. The molecule has 1 heterocycles. The highest BCUT2D eigenvalue weighted by atomic mass is 32.2. The molecule has 0 saturated heterocycles. The lowest BCUT2D eigenvalue weighted by Crippen LogP contribution is -2.43. The number of fused-ring (bicyclic) bond motifs is 1. The van der Waals surface area contributed by atoms with E-state index in [2.05, 4.69) is 0 Å². The van der Waals surface area contributed by atoms with Crippen LogP contribution in [0.4, 0.5) is 10.5 Å². The van der Waals surface area contributed by atoms with E-state index in [1.54, 1.807) is 23.8 Å².